The van der Waals surface area contributed by atoms with Crippen LogP contribution in [0.5, 0.6) is 0 Å². The van der Waals surface area contributed by atoms with E-state index in [4.69, 9.17) is 37.3 Å². The molecule has 0 aromatic heterocycles. The molecule has 0 bridgehead atoms. The van der Waals surface area contributed by atoms with Crippen molar-refractivity contribution in [3.63, 3.8) is 0 Å². The van der Waals surface area contributed by atoms with E-state index >= 15 is 0 Å². The summed E-state index contributed by atoms with van der Waals surface area (Å²) in [6.07, 6.45) is 0. The van der Waals surface area contributed by atoms with Gasteiger partial charge in [-0.05, 0) is 0 Å². The Morgan fingerprint density at radius 3 is 0.571 bits per heavy atom. The van der Waals surface area contributed by atoms with Crippen molar-refractivity contribution < 1.29 is 102 Å². The molecular formula is H8Cl2HgO11. The molecule has 0 aliphatic rings. The van der Waals surface area contributed by atoms with Crippen molar-refractivity contribution in [2.24, 2.45) is 0 Å². The van der Waals surface area contributed by atoms with Crippen LogP contribution in [-0.4, -0.2) is 25.7 Å². The Morgan fingerprint density at radius 2 is 0.571 bits per heavy atom. The zero-order valence-electron chi connectivity index (χ0n) is 6.31. The van der Waals surface area contributed by atoms with E-state index in [9.17, 15) is 0 Å². The van der Waals surface area contributed by atoms with Gasteiger partial charge in [0.15, 0.2) is 0 Å². The molecule has 0 heterocycles. The Labute approximate surface area is 102 Å². The van der Waals surface area contributed by atoms with Crippen LogP contribution in [0.1, 0.15) is 0 Å². The molecule has 0 aromatic carbocycles. The van der Waals surface area contributed by atoms with Gasteiger partial charge in [-0.25, -0.2) is 0 Å². The summed E-state index contributed by atoms with van der Waals surface area (Å²) in [5.74, 6) is 0. The summed E-state index contributed by atoms with van der Waals surface area (Å²) >= 11 is 0. The fourth-order valence-electron chi connectivity index (χ4n) is 0. The minimum absolute atomic E-state index is 0. The maximum atomic E-state index is 8.60. The first-order valence-corrected chi connectivity index (χ1v) is 3.79. The second-order valence-corrected chi connectivity index (χ2v) is 2.38. The molecule has 8 N–H and O–H groups in total. The van der Waals surface area contributed by atoms with Crippen molar-refractivity contribution in [2.75, 3.05) is 0 Å². The van der Waals surface area contributed by atoms with Crippen molar-refractivity contribution in [3.05, 3.63) is 0 Å². The fourth-order valence-corrected chi connectivity index (χ4v) is 0. The van der Waals surface area contributed by atoms with Gasteiger partial charge in [0.25, 0.3) is 0 Å². The predicted molar refractivity (Wildman–Crippen MR) is 15.3 cm³/mol. The molecule has 0 saturated heterocycles. The largest absolute Gasteiger partial charge is 0.412 e. The summed E-state index contributed by atoms with van der Waals surface area (Å²) in [4.78, 5) is 0. The SMILES string of the molecule is O.O.O.[Hg].[O-][Cl+3]([O-])([O-])O.[O-][Cl+3]([O-])([O-])O. The van der Waals surface area contributed by atoms with Crippen molar-refractivity contribution in [1.29, 1.82) is 0 Å². The van der Waals surface area contributed by atoms with Gasteiger partial charge in [0, 0.05) is 27.7 Å². The molecule has 0 atom stereocenters. The molecular weight excluding hydrogens is 447 g/mol. The van der Waals surface area contributed by atoms with E-state index in [0.29, 0.717) is 0 Å². The molecule has 0 unspecified atom stereocenters. The first-order chi connectivity index (χ1) is 4.00. The van der Waals surface area contributed by atoms with Crippen LogP contribution in [0.2, 0.25) is 0 Å². The van der Waals surface area contributed by atoms with Crippen LogP contribution in [-0.2, 0) is 27.7 Å². The monoisotopic (exact) mass is 456 g/mol. The van der Waals surface area contributed by atoms with Crippen LogP contribution in [0.3, 0.4) is 0 Å². The van der Waals surface area contributed by atoms with E-state index in [-0.39, 0.29) is 44.1 Å². The van der Waals surface area contributed by atoms with Crippen LogP contribution in [0.4, 0.5) is 0 Å². The molecule has 0 rings (SSSR count). The van der Waals surface area contributed by atoms with E-state index in [1.165, 1.54) is 0 Å². The summed E-state index contributed by atoms with van der Waals surface area (Å²) in [5, 5.41) is 0. The van der Waals surface area contributed by atoms with Gasteiger partial charge in [-0.2, -0.15) is 28.0 Å². The van der Waals surface area contributed by atoms with E-state index < -0.39 is 20.5 Å². The van der Waals surface area contributed by atoms with Crippen LogP contribution >= 0.6 is 0 Å². The Balaban J connectivity index is -0.0000000178. The van der Waals surface area contributed by atoms with Crippen LogP contribution in [0.15, 0.2) is 0 Å². The van der Waals surface area contributed by atoms with Gasteiger partial charge >= 0.3 is 0 Å². The van der Waals surface area contributed by atoms with Gasteiger partial charge < -0.3 is 16.4 Å². The Hall–Kier alpha value is 1.08. The summed E-state index contributed by atoms with van der Waals surface area (Å²) in [5.41, 5.74) is 0. The van der Waals surface area contributed by atoms with Gasteiger partial charge in [0.05, 0.1) is 29.8 Å². The molecule has 0 spiro atoms. The predicted octanol–water partition coefficient (Wildman–Crippen LogP) is -10.7. The minimum Gasteiger partial charge on any atom is -0.412 e. The number of hydrogen-bond acceptors (Lipinski definition) is 8. The average molecular weight is 456 g/mol. The average Bonchev–Trinajstić information content (AvgIpc) is 1.12. The molecule has 0 saturated carbocycles. The number of halogens is 2. The van der Waals surface area contributed by atoms with Crippen molar-refractivity contribution in [3.8, 4) is 0 Å². The minimum atomic E-state index is -4.69. The van der Waals surface area contributed by atoms with E-state index in [1.54, 1.807) is 0 Å². The summed E-state index contributed by atoms with van der Waals surface area (Å²) in [6, 6.07) is 0. The summed E-state index contributed by atoms with van der Waals surface area (Å²) < 4.78 is 65.4. The molecule has 0 fully saturated rings. The van der Waals surface area contributed by atoms with E-state index in [2.05, 4.69) is 0 Å². The molecule has 0 aliphatic heterocycles. The normalized spacial score (nSPS) is 8.57. The number of rotatable bonds is 0. The molecule has 14 heteroatoms. The van der Waals surface area contributed by atoms with E-state index in [1.807, 2.05) is 0 Å². The molecule has 0 radical (unpaired) electrons. The third-order valence-electron chi connectivity index (χ3n) is 0. The standard InChI is InChI=1S/2ClHO4.Hg.3H2O/c2*2-1(3,4)5;;;;/h2*(H,2,3,4,5);;3*1H2. The second-order valence-electron chi connectivity index (χ2n) is 0.792. The Morgan fingerprint density at radius 1 is 0.571 bits per heavy atom. The molecule has 0 amide bonds. The molecule has 14 heavy (non-hydrogen) atoms. The van der Waals surface area contributed by atoms with Gasteiger partial charge in [-0.3, -0.25) is 0 Å². The summed E-state index contributed by atoms with van der Waals surface area (Å²) in [6.45, 7) is 0. The topological polar surface area (TPSA) is 273 Å². The fraction of sp³-hybridized carbons (Fsp3) is 0. The summed E-state index contributed by atoms with van der Waals surface area (Å²) in [7, 11) is -9.39. The Kier molecular flexibility index (Phi) is 36.5. The smallest absolute Gasteiger partial charge is 0.0777 e. The van der Waals surface area contributed by atoms with Gasteiger partial charge in [0.1, 0.15) is 0 Å². The van der Waals surface area contributed by atoms with Crippen molar-refractivity contribution in [2.45, 2.75) is 0 Å². The quantitative estimate of drug-likeness (QED) is 0.330. The van der Waals surface area contributed by atoms with Crippen LogP contribution < -0.4 is 28.0 Å². The molecule has 11 nitrogen and oxygen atoms in total. The number of hydrogen-bond donors (Lipinski definition) is 2. The molecule has 90 valence electrons. The van der Waals surface area contributed by atoms with Gasteiger partial charge in [-0.15, -0.1) is 0 Å². The zero-order chi connectivity index (χ0) is 9.00. The third kappa shape index (κ3) is 1650. The Bertz CT molecular complexity index is 56.3. The second kappa shape index (κ2) is 14.1. The van der Waals surface area contributed by atoms with Crippen LogP contribution in [0, 0.1) is 20.5 Å². The maximum Gasteiger partial charge on any atom is 0.0777 e. The zero-order valence-corrected chi connectivity index (χ0v) is 13.3. The third-order valence-corrected chi connectivity index (χ3v) is 0. The van der Waals surface area contributed by atoms with Gasteiger partial charge in [-0.1, -0.05) is 0 Å². The van der Waals surface area contributed by atoms with Crippen LogP contribution in [0.25, 0.3) is 0 Å². The first-order valence-electron chi connectivity index (χ1n) is 1.26. The first kappa shape index (κ1) is 36.3. The van der Waals surface area contributed by atoms with Crippen molar-refractivity contribution in [1.82, 2.24) is 0 Å². The van der Waals surface area contributed by atoms with E-state index in [0.717, 1.165) is 0 Å². The molecule has 0 aromatic rings. The van der Waals surface area contributed by atoms with Crippen molar-refractivity contribution >= 4 is 0 Å². The molecule has 0 aliphatic carbocycles. The maximum absolute atomic E-state index is 8.60. The van der Waals surface area contributed by atoms with Gasteiger partial charge in [0.2, 0.25) is 0 Å².